The summed E-state index contributed by atoms with van der Waals surface area (Å²) in [7, 11) is 0. The number of hydrogen-bond acceptors (Lipinski definition) is 4. The van der Waals surface area contributed by atoms with Gasteiger partial charge in [-0.25, -0.2) is 0 Å². The lowest BCUT2D eigenvalue weighted by atomic mass is 10.2. The molecule has 6 nitrogen and oxygen atoms in total. The van der Waals surface area contributed by atoms with Crippen LogP contribution in [0.1, 0.15) is 44.9 Å². The maximum Gasteiger partial charge on any atom is 0.303 e. The fourth-order valence-electron chi connectivity index (χ4n) is 1.02. The molecule has 0 radical (unpaired) electrons. The molecule has 102 valence electrons. The molecule has 0 heterocycles. The van der Waals surface area contributed by atoms with E-state index in [1.807, 2.05) is 0 Å². The molecular weight excluding hydrogens is 224 g/mol. The fourth-order valence-corrected chi connectivity index (χ4v) is 1.02. The molecule has 0 aromatic rings. The first kappa shape index (κ1) is 18.2. The molecule has 0 rings (SSSR count). The highest BCUT2D eigenvalue weighted by Crippen LogP contribution is 1.98. The molecule has 0 amide bonds. The molecule has 17 heavy (non-hydrogen) atoms. The van der Waals surface area contributed by atoms with E-state index in [-0.39, 0.29) is 12.8 Å². The molecule has 0 aromatic carbocycles. The second kappa shape index (κ2) is 14.9. The van der Waals surface area contributed by atoms with Gasteiger partial charge >= 0.3 is 11.9 Å². The first-order valence-electron chi connectivity index (χ1n) is 5.88. The van der Waals surface area contributed by atoms with Crippen LogP contribution in [0.3, 0.4) is 0 Å². The Morgan fingerprint density at radius 3 is 1.29 bits per heavy atom. The summed E-state index contributed by atoms with van der Waals surface area (Å²) < 4.78 is 0. The predicted molar refractivity (Wildman–Crippen MR) is 65.7 cm³/mol. The predicted octanol–water partition coefficient (Wildman–Crippen LogP) is 0.790. The van der Waals surface area contributed by atoms with Gasteiger partial charge < -0.3 is 21.7 Å². The van der Waals surface area contributed by atoms with Crippen LogP contribution < -0.4 is 11.5 Å². The SMILES string of the molecule is NCCCCCN.O=C(O)CCCCC(=O)O. The smallest absolute Gasteiger partial charge is 0.303 e. The molecule has 0 saturated carbocycles. The average Bonchev–Trinajstić information content (AvgIpc) is 2.26. The zero-order valence-electron chi connectivity index (χ0n) is 10.2. The lowest BCUT2D eigenvalue weighted by Gasteiger charge is -1.92. The van der Waals surface area contributed by atoms with Crippen LogP contribution in [0.4, 0.5) is 0 Å². The first-order valence-corrected chi connectivity index (χ1v) is 5.88. The fraction of sp³-hybridized carbons (Fsp3) is 0.818. The standard InChI is InChI=1S/C6H10O4.C5H14N2/c7-5(8)3-1-2-4-6(9)10;6-4-2-1-3-5-7/h1-4H2,(H,7,8)(H,9,10);1-7H2. The van der Waals surface area contributed by atoms with Crippen molar-refractivity contribution in [2.24, 2.45) is 11.5 Å². The zero-order chi connectivity index (χ0) is 13.5. The van der Waals surface area contributed by atoms with E-state index in [1.54, 1.807) is 0 Å². The van der Waals surface area contributed by atoms with E-state index in [1.165, 1.54) is 6.42 Å². The Morgan fingerprint density at radius 2 is 1.06 bits per heavy atom. The van der Waals surface area contributed by atoms with Gasteiger partial charge in [0.25, 0.3) is 0 Å². The number of aliphatic carboxylic acids is 2. The van der Waals surface area contributed by atoms with E-state index >= 15 is 0 Å². The van der Waals surface area contributed by atoms with Crippen molar-refractivity contribution >= 4 is 11.9 Å². The van der Waals surface area contributed by atoms with Crippen molar-refractivity contribution in [1.82, 2.24) is 0 Å². The molecule has 0 aromatic heterocycles. The molecule has 0 aliphatic carbocycles. The van der Waals surface area contributed by atoms with Crippen LogP contribution in [-0.2, 0) is 9.59 Å². The van der Waals surface area contributed by atoms with Crippen LogP contribution in [0.25, 0.3) is 0 Å². The van der Waals surface area contributed by atoms with Crippen molar-refractivity contribution < 1.29 is 19.8 Å². The van der Waals surface area contributed by atoms with Crippen LogP contribution >= 0.6 is 0 Å². The molecule has 0 fully saturated rings. The molecule has 6 N–H and O–H groups in total. The number of hydrogen-bond donors (Lipinski definition) is 4. The van der Waals surface area contributed by atoms with E-state index in [2.05, 4.69) is 0 Å². The van der Waals surface area contributed by atoms with Gasteiger partial charge in [-0.2, -0.15) is 0 Å². The topological polar surface area (TPSA) is 127 Å². The Kier molecular flexibility index (Phi) is 15.9. The third-order valence-corrected chi connectivity index (χ3v) is 1.94. The highest BCUT2D eigenvalue weighted by atomic mass is 16.4. The summed E-state index contributed by atoms with van der Waals surface area (Å²) in [5.74, 6) is -1.74. The average molecular weight is 248 g/mol. The van der Waals surface area contributed by atoms with Crippen molar-refractivity contribution in [3.05, 3.63) is 0 Å². The lowest BCUT2D eigenvalue weighted by Crippen LogP contribution is -2.02. The van der Waals surface area contributed by atoms with Crippen molar-refractivity contribution in [3.63, 3.8) is 0 Å². The van der Waals surface area contributed by atoms with E-state index in [0.29, 0.717) is 12.8 Å². The molecule has 0 spiro atoms. The Morgan fingerprint density at radius 1 is 0.706 bits per heavy atom. The van der Waals surface area contributed by atoms with Gasteiger partial charge in [-0.15, -0.1) is 0 Å². The van der Waals surface area contributed by atoms with Crippen LogP contribution in [0, 0.1) is 0 Å². The second-order valence-corrected chi connectivity index (χ2v) is 3.63. The minimum Gasteiger partial charge on any atom is -0.481 e. The highest BCUT2D eigenvalue weighted by Gasteiger charge is 1.99. The van der Waals surface area contributed by atoms with Gasteiger partial charge in [-0.3, -0.25) is 9.59 Å². The van der Waals surface area contributed by atoms with E-state index in [0.717, 1.165) is 25.9 Å². The van der Waals surface area contributed by atoms with E-state index in [4.69, 9.17) is 21.7 Å². The maximum atomic E-state index is 9.90. The normalized spacial score (nSPS) is 9.29. The van der Waals surface area contributed by atoms with E-state index < -0.39 is 11.9 Å². The monoisotopic (exact) mass is 248 g/mol. The highest BCUT2D eigenvalue weighted by molar-refractivity contribution is 5.67. The lowest BCUT2D eigenvalue weighted by molar-refractivity contribution is -0.139. The molecule has 6 heteroatoms. The molecule has 0 saturated heterocycles. The number of carboxylic acids is 2. The maximum absolute atomic E-state index is 9.90. The Balaban J connectivity index is 0. The van der Waals surface area contributed by atoms with Crippen molar-refractivity contribution in [3.8, 4) is 0 Å². The van der Waals surface area contributed by atoms with Gasteiger partial charge in [0.1, 0.15) is 0 Å². The molecule has 0 aliphatic rings. The summed E-state index contributed by atoms with van der Waals surface area (Å²) in [6.07, 6.45) is 4.45. The number of carbonyl (C=O) groups is 2. The Bertz CT molecular complexity index is 178. The van der Waals surface area contributed by atoms with Gasteiger partial charge in [0, 0.05) is 12.8 Å². The molecule has 0 bridgehead atoms. The van der Waals surface area contributed by atoms with E-state index in [9.17, 15) is 9.59 Å². The van der Waals surface area contributed by atoms with Crippen LogP contribution in [0.5, 0.6) is 0 Å². The summed E-state index contributed by atoms with van der Waals surface area (Å²) in [4.78, 5) is 19.8. The second-order valence-electron chi connectivity index (χ2n) is 3.63. The largest absolute Gasteiger partial charge is 0.481 e. The van der Waals surface area contributed by atoms with Gasteiger partial charge in [0.05, 0.1) is 0 Å². The summed E-state index contributed by atoms with van der Waals surface area (Å²) in [5, 5.41) is 16.3. The van der Waals surface area contributed by atoms with Crippen molar-refractivity contribution in [1.29, 1.82) is 0 Å². The first-order chi connectivity index (χ1) is 8.04. The van der Waals surface area contributed by atoms with Crippen LogP contribution in [0.15, 0.2) is 0 Å². The number of nitrogens with two attached hydrogens (primary N) is 2. The van der Waals surface area contributed by atoms with Gasteiger partial charge in [0.2, 0.25) is 0 Å². The summed E-state index contributed by atoms with van der Waals surface area (Å²) >= 11 is 0. The third kappa shape index (κ3) is 25.3. The molecule has 0 atom stereocenters. The van der Waals surface area contributed by atoms with Crippen LogP contribution in [-0.4, -0.2) is 35.2 Å². The van der Waals surface area contributed by atoms with Gasteiger partial charge in [-0.05, 0) is 38.8 Å². The Hall–Kier alpha value is -1.14. The number of unbranched alkanes of at least 4 members (excludes halogenated alkanes) is 3. The summed E-state index contributed by atoms with van der Waals surface area (Å²) in [6.45, 7) is 1.61. The van der Waals surface area contributed by atoms with Crippen molar-refractivity contribution in [2.45, 2.75) is 44.9 Å². The number of rotatable bonds is 9. The van der Waals surface area contributed by atoms with Gasteiger partial charge in [-0.1, -0.05) is 6.42 Å². The molecule has 0 unspecified atom stereocenters. The summed E-state index contributed by atoms with van der Waals surface area (Å²) in [5.41, 5.74) is 10.5. The minimum atomic E-state index is -0.870. The quantitative estimate of drug-likeness (QED) is 0.447. The Labute approximate surface area is 102 Å². The van der Waals surface area contributed by atoms with Gasteiger partial charge in [0.15, 0.2) is 0 Å². The zero-order valence-corrected chi connectivity index (χ0v) is 10.2. The van der Waals surface area contributed by atoms with Crippen LogP contribution in [0.2, 0.25) is 0 Å². The minimum absolute atomic E-state index is 0.0628. The number of carboxylic acid groups (broad SMARTS) is 2. The summed E-state index contributed by atoms with van der Waals surface area (Å²) in [6, 6.07) is 0. The molecule has 0 aliphatic heterocycles. The molecular formula is C11H24N2O4. The van der Waals surface area contributed by atoms with Crippen molar-refractivity contribution in [2.75, 3.05) is 13.1 Å². The third-order valence-electron chi connectivity index (χ3n) is 1.94.